The molecular formula is C18H30N2O8. The second-order valence-corrected chi connectivity index (χ2v) is 6.25. The first kappa shape index (κ1) is 25.2. The Morgan fingerprint density at radius 3 is 1.29 bits per heavy atom. The van der Waals surface area contributed by atoms with Gasteiger partial charge in [0.25, 0.3) is 0 Å². The van der Waals surface area contributed by atoms with E-state index < -0.39 is 24.1 Å². The van der Waals surface area contributed by atoms with E-state index in [1.807, 2.05) is 0 Å². The zero-order valence-corrected chi connectivity index (χ0v) is 16.8. The summed E-state index contributed by atoms with van der Waals surface area (Å²) in [4.78, 5) is 45.3. The lowest BCUT2D eigenvalue weighted by Crippen LogP contribution is -2.31. The quantitative estimate of drug-likeness (QED) is 0.218. The minimum atomic E-state index is -0.711. The van der Waals surface area contributed by atoms with Gasteiger partial charge < -0.3 is 29.6 Å². The van der Waals surface area contributed by atoms with Gasteiger partial charge in [-0.1, -0.05) is 0 Å². The van der Waals surface area contributed by atoms with Crippen LogP contribution in [0.1, 0.15) is 40.5 Å². The van der Waals surface area contributed by atoms with Crippen molar-refractivity contribution in [3.05, 3.63) is 12.2 Å². The molecule has 10 nitrogen and oxygen atoms in total. The van der Waals surface area contributed by atoms with Gasteiger partial charge in [0, 0.05) is 37.1 Å². The predicted molar refractivity (Wildman–Crippen MR) is 99.5 cm³/mol. The van der Waals surface area contributed by atoms with Crippen LogP contribution >= 0.6 is 0 Å². The van der Waals surface area contributed by atoms with Crippen LogP contribution in [0.2, 0.25) is 0 Å². The topological polar surface area (TPSA) is 129 Å². The lowest BCUT2D eigenvalue weighted by atomic mass is 10.4. The number of carbonyl (C=O) groups excluding carboxylic acids is 4. The Labute approximate surface area is 164 Å². The third kappa shape index (κ3) is 16.7. The van der Waals surface area contributed by atoms with E-state index in [9.17, 15) is 19.2 Å². The maximum absolute atomic E-state index is 11.4. The van der Waals surface area contributed by atoms with E-state index in [1.165, 1.54) is 0 Å². The summed E-state index contributed by atoms with van der Waals surface area (Å²) in [6.45, 7) is 7.53. The van der Waals surface area contributed by atoms with E-state index in [2.05, 4.69) is 10.6 Å². The molecule has 0 radical (unpaired) electrons. The van der Waals surface area contributed by atoms with Crippen LogP contribution in [0.15, 0.2) is 12.2 Å². The van der Waals surface area contributed by atoms with Crippen LogP contribution in [0, 0.1) is 0 Å². The van der Waals surface area contributed by atoms with Crippen molar-refractivity contribution in [3.8, 4) is 0 Å². The van der Waals surface area contributed by atoms with Gasteiger partial charge in [-0.25, -0.2) is 19.2 Å². The molecular weight excluding hydrogens is 372 g/mol. The number of ether oxygens (including phenoxy) is 4. The molecule has 0 aromatic heterocycles. The minimum absolute atomic E-state index is 0.0212. The van der Waals surface area contributed by atoms with Crippen molar-refractivity contribution in [2.75, 3.05) is 26.4 Å². The van der Waals surface area contributed by atoms with Crippen LogP contribution < -0.4 is 10.6 Å². The van der Waals surface area contributed by atoms with E-state index in [4.69, 9.17) is 18.9 Å². The molecule has 0 aliphatic carbocycles. The summed E-state index contributed by atoms with van der Waals surface area (Å²) in [5.74, 6) is -1.42. The molecule has 2 amide bonds. The van der Waals surface area contributed by atoms with Crippen LogP contribution in [0.4, 0.5) is 9.59 Å². The molecule has 0 aromatic rings. The summed E-state index contributed by atoms with van der Waals surface area (Å²) in [7, 11) is 0. The van der Waals surface area contributed by atoms with Crippen molar-refractivity contribution in [1.29, 1.82) is 0 Å². The largest absolute Gasteiger partial charge is 0.462 e. The zero-order chi connectivity index (χ0) is 21.4. The highest BCUT2D eigenvalue weighted by Crippen LogP contribution is 1.92. The molecule has 10 heteroatoms. The fraction of sp³-hybridized carbons (Fsp3) is 0.667. The van der Waals surface area contributed by atoms with Crippen molar-refractivity contribution < 1.29 is 38.1 Å². The molecule has 2 N–H and O–H groups in total. The Morgan fingerprint density at radius 1 is 0.643 bits per heavy atom. The Hall–Kier alpha value is -2.78. The molecule has 0 aromatic carbocycles. The molecule has 0 unspecified atom stereocenters. The molecule has 0 saturated heterocycles. The summed E-state index contributed by atoms with van der Waals surface area (Å²) >= 11 is 0. The minimum Gasteiger partial charge on any atom is -0.462 e. The van der Waals surface area contributed by atoms with E-state index in [-0.39, 0.29) is 38.5 Å². The lowest BCUT2D eigenvalue weighted by molar-refractivity contribution is -0.140. The number of amides is 2. The first-order valence-electron chi connectivity index (χ1n) is 9.09. The van der Waals surface area contributed by atoms with Crippen molar-refractivity contribution in [2.45, 2.75) is 52.6 Å². The Bertz CT molecular complexity index is 486. The molecule has 0 heterocycles. The average Bonchev–Trinajstić information content (AvgIpc) is 2.58. The van der Waals surface area contributed by atoms with Crippen LogP contribution in [-0.2, 0) is 28.5 Å². The standard InChI is InChI=1S/C18H30N2O8/c1-13(2)19-17(23)27-11-5-9-25-15(21)7-8-16(22)26-10-6-12-28-18(24)20-14(3)4/h7-8,13-14H,5-6,9-12H2,1-4H3,(H,19,23)(H,20,24)/b8-7+. The first-order chi connectivity index (χ1) is 13.2. The number of hydrogen-bond acceptors (Lipinski definition) is 8. The average molecular weight is 402 g/mol. The highest BCUT2D eigenvalue weighted by molar-refractivity contribution is 5.91. The summed E-state index contributed by atoms with van der Waals surface area (Å²) in [5.41, 5.74) is 0. The second kappa shape index (κ2) is 15.3. The highest BCUT2D eigenvalue weighted by atomic mass is 16.6. The van der Waals surface area contributed by atoms with Gasteiger partial charge in [0.15, 0.2) is 0 Å². The third-order valence-electron chi connectivity index (χ3n) is 2.70. The Balaban J connectivity index is 3.70. The molecule has 0 bridgehead atoms. The van der Waals surface area contributed by atoms with Crippen molar-refractivity contribution in [3.63, 3.8) is 0 Å². The molecule has 0 rings (SSSR count). The van der Waals surface area contributed by atoms with Gasteiger partial charge >= 0.3 is 24.1 Å². The summed E-state index contributed by atoms with van der Waals surface area (Å²) in [5, 5.41) is 5.11. The van der Waals surface area contributed by atoms with Gasteiger partial charge in [0.05, 0.1) is 26.4 Å². The number of rotatable bonds is 12. The van der Waals surface area contributed by atoms with Crippen LogP contribution in [0.25, 0.3) is 0 Å². The SMILES string of the molecule is CC(C)NC(=O)OCCCOC(=O)/C=C/C(=O)OCCCOC(=O)NC(C)C. The lowest BCUT2D eigenvalue weighted by Gasteiger charge is -2.09. The monoisotopic (exact) mass is 402 g/mol. The third-order valence-corrected chi connectivity index (χ3v) is 2.70. The molecule has 0 fully saturated rings. The van der Waals surface area contributed by atoms with E-state index in [0.29, 0.717) is 12.8 Å². The van der Waals surface area contributed by atoms with E-state index in [1.54, 1.807) is 27.7 Å². The summed E-state index contributed by atoms with van der Waals surface area (Å²) < 4.78 is 19.4. The van der Waals surface area contributed by atoms with Gasteiger partial charge in [0.1, 0.15) is 0 Å². The predicted octanol–water partition coefficient (Wildman–Crippen LogP) is 1.68. The second-order valence-electron chi connectivity index (χ2n) is 6.25. The van der Waals surface area contributed by atoms with Crippen LogP contribution in [0.5, 0.6) is 0 Å². The van der Waals surface area contributed by atoms with E-state index in [0.717, 1.165) is 12.2 Å². The number of esters is 2. The molecule has 0 atom stereocenters. The van der Waals surface area contributed by atoms with Gasteiger partial charge in [0.2, 0.25) is 0 Å². The maximum Gasteiger partial charge on any atom is 0.407 e. The summed E-state index contributed by atoms with van der Waals surface area (Å²) in [6.07, 6.45) is 1.49. The molecule has 0 aliphatic heterocycles. The maximum atomic E-state index is 11.4. The summed E-state index contributed by atoms with van der Waals surface area (Å²) in [6, 6.07) is -0.0424. The molecule has 0 saturated carbocycles. The normalized spacial score (nSPS) is 10.6. The highest BCUT2D eigenvalue weighted by Gasteiger charge is 2.06. The van der Waals surface area contributed by atoms with Crippen LogP contribution in [-0.4, -0.2) is 62.6 Å². The Kier molecular flexibility index (Phi) is 13.8. The number of hydrogen-bond donors (Lipinski definition) is 2. The fourth-order valence-corrected chi connectivity index (χ4v) is 1.58. The van der Waals surface area contributed by atoms with Gasteiger partial charge in [-0.3, -0.25) is 0 Å². The van der Waals surface area contributed by atoms with Gasteiger partial charge in [-0.05, 0) is 27.7 Å². The van der Waals surface area contributed by atoms with Crippen molar-refractivity contribution >= 4 is 24.1 Å². The van der Waals surface area contributed by atoms with Crippen molar-refractivity contribution in [1.82, 2.24) is 10.6 Å². The number of alkyl carbamates (subject to hydrolysis) is 2. The first-order valence-corrected chi connectivity index (χ1v) is 9.09. The zero-order valence-electron chi connectivity index (χ0n) is 16.8. The molecule has 160 valence electrons. The molecule has 0 aliphatic rings. The number of nitrogens with one attached hydrogen (secondary N) is 2. The number of carbonyl (C=O) groups is 4. The van der Waals surface area contributed by atoms with E-state index >= 15 is 0 Å². The Morgan fingerprint density at radius 2 is 0.964 bits per heavy atom. The molecule has 0 spiro atoms. The molecule has 28 heavy (non-hydrogen) atoms. The van der Waals surface area contributed by atoms with Gasteiger partial charge in [-0.15, -0.1) is 0 Å². The van der Waals surface area contributed by atoms with Gasteiger partial charge in [-0.2, -0.15) is 0 Å². The smallest absolute Gasteiger partial charge is 0.407 e. The van der Waals surface area contributed by atoms with Crippen molar-refractivity contribution in [2.24, 2.45) is 0 Å². The van der Waals surface area contributed by atoms with Crippen LogP contribution in [0.3, 0.4) is 0 Å². The fourth-order valence-electron chi connectivity index (χ4n) is 1.58.